The van der Waals surface area contributed by atoms with E-state index in [9.17, 15) is 4.79 Å². The molecule has 2 aromatic rings. The van der Waals surface area contributed by atoms with Crippen LogP contribution in [0.1, 0.15) is 38.3 Å². The van der Waals surface area contributed by atoms with Gasteiger partial charge in [-0.1, -0.05) is 30.3 Å². The normalized spacial score (nSPS) is 20.1. The summed E-state index contributed by atoms with van der Waals surface area (Å²) in [6, 6.07) is 8.71. The van der Waals surface area contributed by atoms with Gasteiger partial charge in [-0.15, -0.1) is 0 Å². The van der Waals surface area contributed by atoms with Crippen molar-refractivity contribution < 1.29 is 9.53 Å². The zero-order chi connectivity index (χ0) is 21.1. The Labute approximate surface area is 178 Å². The first-order valence-electron chi connectivity index (χ1n) is 10.8. The van der Waals surface area contributed by atoms with Gasteiger partial charge >= 0.3 is 0 Å². The number of ether oxygens (including phenoxy) is 1. The minimum absolute atomic E-state index is 0.212. The number of benzene rings is 1. The van der Waals surface area contributed by atoms with Crippen LogP contribution in [0.25, 0.3) is 17.0 Å². The number of amides is 1. The lowest BCUT2D eigenvalue weighted by atomic mass is 9.98. The van der Waals surface area contributed by atoms with E-state index < -0.39 is 0 Å². The lowest BCUT2D eigenvalue weighted by molar-refractivity contribution is -0.131. The van der Waals surface area contributed by atoms with E-state index in [1.54, 1.807) is 13.4 Å². The highest BCUT2D eigenvalue weighted by atomic mass is 16.5. The Morgan fingerprint density at radius 2 is 1.97 bits per heavy atom. The van der Waals surface area contributed by atoms with Crippen molar-refractivity contribution in [2.45, 2.75) is 38.8 Å². The Bertz CT molecular complexity index is 903. The standard InChI is InChI=1S/C23H31N5O2/c1-17(2)28-16-24-23(25-28)20-6-4-18(5-7-20)19-8-12-27(13-9-19)22(29)15-26-11-10-21(14-26)30-3/h4-8,16-17,21H,9-15H2,1-3H3/t21-/m0/s1. The van der Waals surface area contributed by atoms with E-state index in [0.717, 1.165) is 43.9 Å². The Hall–Kier alpha value is -2.51. The number of rotatable bonds is 6. The molecule has 0 bridgehead atoms. The van der Waals surface area contributed by atoms with Crippen LogP contribution >= 0.6 is 0 Å². The fourth-order valence-corrected chi connectivity index (χ4v) is 4.07. The van der Waals surface area contributed by atoms with E-state index in [-0.39, 0.29) is 12.0 Å². The van der Waals surface area contributed by atoms with Gasteiger partial charge in [0.1, 0.15) is 6.33 Å². The van der Waals surface area contributed by atoms with Crippen LogP contribution in [0.5, 0.6) is 0 Å². The van der Waals surface area contributed by atoms with Crippen molar-refractivity contribution in [2.75, 3.05) is 39.8 Å². The smallest absolute Gasteiger partial charge is 0.237 e. The van der Waals surface area contributed by atoms with Crippen molar-refractivity contribution in [3.63, 3.8) is 0 Å². The fraction of sp³-hybridized carbons (Fsp3) is 0.522. The number of nitrogens with zero attached hydrogens (tertiary/aromatic N) is 5. The third-order valence-corrected chi connectivity index (χ3v) is 6.03. The highest BCUT2D eigenvalue weighted by Gasteiger charge is 2.26. The summed E-state index contributed by atoms with van der Waals surface area (Å²) in [5, 5.41) is 4.54. The summed E-state index contributed by atoms with van der Waals surface area (Å²) in [7, 11) is 1.74. The number of carbonyl (C=O) groups excluding carboxylic acids is 1. The molecule has 0 unspecified atom stereocenters. The lowest BCUT2D eigenvalue weighted by Crippen LogP contribution is -2.41. The van der Waals surface area contributed by atoms with E-state index >= 15 is 0 Å². The van der Waals surface area contributed by atoms with Gasteiger partial charge in [-0.25, -0.2) is 9.67 Å². The van der Waals surface area contributed by atoms with Crippen LogP contribution in [0.4, 0.5) is 0 Å². The molecular weight excluding hydrogens is 378 g/mol. The summed E-state index contributed by atoms with van der Waals surface area (Å²) >= 11 is 0. The molecule has 0 aliphatic carbocycles. The average Bonchev–Trinajstić information content (AvgIpc) is 3.44. The number of hydrogen-bond donors (Lipinski definition) is 0. The van der Waals surface area contributed by atoms with Crippen LogP contribution in [0.2, 0.25) is 0 Å². The molecule has 3 heterocycles. The van der Waals surface area contributed by atoms with Crippen molar-refractivity contribution in [1.82, 2.24) is 24.6 Å². The number of carbonyl (C=O) groups is 1. The number of aromatic nitrogens is 3. The zero-order valence-corrected chi connectivity index (χ0v) is 18.1. The number of likely N-dealkylation sites (tertiary alicyclic amines) is 1. The predicted molar refractivity (Wildman–Crippen MR) is 117 cm³/mol. The summed E-state index contributed by atoms with van der Waals surface area (Å²) in [4.78, 5) is 21.2. The van der Waals surface area contributed by atoms with Crippen LogP contribution < -0.4 is 0 Å². The molecule has 1 aromatic heterocycles. The Morgan fingerprint density at radius 3 is 2.57 bits per heavy atom. The quantitative estimate of drug-likeness (QED) is 0.734. The Balaban J connectivity index is 1.34. The molecule has 0 spiro atoms. The SMILES string of the molecule is CO[C@H]1CCN(CC(=O)N2CC=C(c3ccc(-c4ncn(C(C)C)n4)cc3)CC2)C1. The Morgan fingerprint density at radius 1 is 1.20 bits per heavy atom. The van der Waals surface area contributed by atoms with Gasteiger partial charge in [0.15, 0.2) is 5.82 Å². The molecule has 1 atom stereocenters. The van der Waals surface area contributed by atoms with Gasteiger partial charge < -0.3 is 9.64 Å². The molecular formula is C23H31N5O2. The molecule has 30 heavy (non-hydrogen) atoms. The molecule has 0 N–H and O–H groups in total. The van der Waals surface area contributed by atoms with Gasteiger partial charge in [-0.2, -0.15) is 5.10 Å². The first-order valence-corrected chi connectivity index (χ1v) is 10.8. The first kappa shape index (κ1) is 20.8. The van der Waals surface area contributed by atoms with Crippen molar-refractivity contribution in [3.8, 4) is 11.4 Å². The topological polar surface area (TPSA) is 63.5 Å². The summed E-state index contributed by atoms with van der Waals surface area (Å²) in [5.41, 5.74) is 3.52. The zero-order valence-electron chi connectivity index (χ0n) is 18.1. The molecule has 1 fully saturated rings. The van der Waals surface area contributed by atoms with Gasteiger partial charge in [0.25, 0.3) is 0 Å². The molecule has 1 saturated heterocycles. The fourth-order valence-electron chi connectivity index (χ4n) is 4.07. The second kappa shape index (κ2) is 9.10. The van der Waals surface area contributed by atoms with Gasteiger partial charge in [0, 0.05) is 44.9 Å². The monoisotopic (exact) mass is 409 g/mol. The molecule has 1 aromatic carbocycles. The summed E-state index contributed by atoms with van der Waals surface area (Å²) < 4.78 is 7.27. The van der Waals surface area contributed by atoms with E-state index in [4.69, 9.17) is 4.74 Å². The number of methoxy groups -OCH3 is 1. The molecule has 4 rings (SSSR count). The first-order chi connectivity index (χ1) is 14.5. The summed E-state index contributed by atoms with van der Waals surface area (Å²) in [6.07, 6.45) is 6.12. The van der Waals surface area contributed by atoms with E-state index in [0.29, 0.717) is 19.1 Å². The maximum atomic E-state index is 12.6. The minimum atomic E-state index is 0.212. The Kier molecular flexibility index (Phi) is 6.29. The third-order valence-electron chi connectivity index (χ3n) is 6.03. The highest BCUT2D eigenvalue weighted by Crippen LogP contribution is 2.25. The van der Waals surface area contributed by atoms with Gasteiger partial charge in [-0.3, -0.25) is 9.69 Å². The van der Waals surface area contributed by atoms with Crippen molar-refractivity contribution in [3.05, 3.63) is 42.2 Å². The molecule has 7 nitrogen and oxygen atoms in total. The van der Waals surface area contributed by atoms with Crippen LogP contribution in [0.3, 0.4) is 0 Å². The molecule has 7 heteroatoms. The maximum absolute atomic E-state index is 12.6. The summed E-state index contributed by atoms with van der Waals surface area (Å²) in [6.45, 7) is 7.92. The predicted octanol–water partition coefficient (Wildman–Crippen LogP) is 2.86. The second-order valence-corrected chi connectivity index (χ2v) is 8.42. The molecule has 160 valence electrons. The van der Waals surface area contributed by atoms with Crippen LogP contribution in [0, 0.1) is 0 Å². The molecule has 0 radical (unpaired) electrons. The molecule has 0 saturated carbocycles. The van der Waals surface area contributed by atoms with Gasteiger partial charge in [0.05, 0.1) is 12.6 Å². The van der Waals surface area contributed by atoms with Crippen LogP contribution in [0.15, 0.2) is 36.7 Å². The summed E-state index contributed by atoms with van der Waals surface area (Å²) in [5.74, 6) is 0.964. The molecule has 2 aliphatic rings. The van der Waals surface area contributed by atoms with Gasteiger partial charge in [0.2, 0.25) is 5.91 Å². The van der Waals surface area contributed by atoms with Gasteiger partial charge in [-0.05, 0) is 37.8 Å². The second-order valence-electron chi connectivity index (χ2n) is 8.42. The molecule has 1 amide bonds. The van der Waals surface area contributed by atoms with Crippen molar-refractivity contribution in [1.29, 1.82) is 0 Å². The van der Waals surface area contributed by atoms with Crippen LogP contribution in [-0.2, 0) is 9.53 Å². The number of hydrogen-bond acceptors (Lipinski definition) is 5. The van der Waals surface area contributed by atoms with Crippen LogP contribution in [-0.4, -0.2) is 76.4 Å². The van der Waals surface area contributed by atoms with E-state index in [1.165, 1.54) is 11.1 Å². The van der Waals surface area contributed by atoms with E-state index in [1.807, 2.05) is 9.58 Å². The molecule has 2 aliphatic heterocycles. The third kappa shape index (κ3) is 4.63. The maximum Gasteiger partial charge on any atom is 0.237 e. The minimum Gasteiger partial charge on any atom is -0.380 e. The van der Waals surface area contributed by atoms with E-state index in [2.05, 4.69) is 59.2 Å². The average molecular weight is 410 g/mol. The van der Waals surface area contributed by atoms with Crippen molar-refractivity contribution in [2.24, 2.45) is 0 Å². The lowest BCUT2D eigenvalue weighted by Gasteiger charge is -2.28. The highest BCUT2D eigenvalue weighted by molar-refractivity contribution is 5.80. The largest absolute Gasteiger partial charge is 0.380 e. The van der Waals surface area contributed by atoms with Crippen molar-refractivity contribution >= 4 is 11.5 Å².